The lowest BCUT2D eigenvalue weighted by molar-refractivity contribution is 0.0628. The fraction of sp³-hybridized carbons (Fsp3) is 0.600. The largest absolute Gasteiger partial charge is 0.304 e. The maximum atomic E-state index is 6.05. The number of halogens is 1. The summed E-state index contributed by atoms with van der Waals surface area (Å²) in [7, 11) is 2.19. The molecule has 1 aliphatic heterocycles. The van der Waals surface area contributed by atoms with Crippen LogP contribution < -0.4 is 5.43 Å². The molecule has 1 aromatic rings. The zero-order chi connectivity index (χ0) is 13.2. The molecule has 0 bridgehead atoms. The molecule has 1 saturated carbocycles. The predicted octanol–water partition coefficient (Wildman–Crippen LogP) is 2.34. The maximum absolute atomic E-state index is 6.05. The molecule has 3 nitrogen and oxygen atoms in total. The van der Waals surface area contributed by atoms with Crippen LogP contribution in [0.1, 0.15) is 24.3 Å². The van der Waals surface area contributed by atoms with Gasteiger partial charge in [-0.25, -0.2) is 5.01 Å². The van der Waals surface area contributed by atoms with Gasteiger partial charge in [0.1, 0.15) is 0 Å². The Morgan fingerprint density at radius 1 is 1.16 bits per heavy atom. The first-order chi connectivity index (χ1) is 9.20. The van der Waals surface area contributed by atoms with Crippen molar-refractivity contribution in [2.75, 3.05) is 33.2 Å². The van der Waals surface area contributed by atoms with Gasteiger partial charge in [-0.15, -0.1) is 0 Å². The summed E-state index contributed by atoms with van der Waals surface area (Å²) < 4.78 is 0. The van der Waals surface area contributed by atoms with E-state index in [9.17, 15) is 0 Å². The number of nitrogens with one attached hydrogen (secondary N) is 1. The summed E-state index contributed by atoms with van der Waals surface area (Å²) in [5, 5.41) is 3.24. The topological polar surface area (TPSA) is 18.5 Å². The highest BCUT2D eigenvalue weighted by Crippen LogP contribution is 2.37. The van der Waals surface area contributed by atoms with Crippen LogP contribution >= 0.6 is 11.6 Å². The van der Waals surface area contributed by atoms with Gasteiger partial charge in [-0.05, 0) is 43.5 Å². The van der Waals surface area contributed by atoms with E-state index in [0.717, 1.165) is 31.2 Å². The fourth-order valence-electron chi connectivity index (χ4n) is 2.95. The van der Waals surface area contributed by atoms with E-state index in [1.165, 1.54) is 18.4 Å². The van der Waals surface area contributed by atoms with E-state index in [0.29, 0.717) is 12.0 Å². The minimum Gasteiger partial charge on any atom is -0.304 e. The first kappa shape index (κ1) is 13.4. The van der Waals surface area contributed by atoms with Crippen LogP contribution in [0, 0.1) is 0 Å². The molecule has 2 aliphatic rings. The van der Waals surface area contributed by atoms with Crippen LogP contribution in [0.5, 0.6) is 0 Å². The monoisotopic (exact) mass is 279 g/mol. The Morgan fingerprint density at radius 2 is 1.89 bits per heavy atom. The molecule has 1 aromatic carbocycles. The number of benzene rings is 1. The summed E-state index contributed by atoms with van der Waals surface area (Å²) in [6.45, 7) is 4.60. The van der Waals surface area contributed by atoms with Gasteiger partial charge in [0.05, 0.1) is 0 Å². The Kier molecular flexibility index (Phi) is 4.08. The molecule has 0 aromatic heterocycles. The van der Waals surface area contributed by atoms with Gasteiger partial charge < -0.3 is 4.90 Å². The smallest absolute Gasteiger partial charge is 0.0408 e. The van der Waals surface area contributed by atoms with Crippen LogP contribution in [-0.2, 0) is 0 Å². The van der Waals surface area contributed by atoms with Gasteiger partial charge in [0.25, 0.3) is 0 Å². The molecule has 0 spiro atoms. The Labute approximate surface area is 120 Å². The van der Waals surface area contributed by atoms with Crippen LogP contribution in [0.4, 0.5) is 0 Å². The molecule has 1 aliphatic carbocycles. The first-order valence-corrected chi connectivity index (χ1v) is 7.53. The minimum absolute atomic E-state index is 0.646. The van der Waals surface area contributed by atoms with E-state index in [-0.39, 0.29) is 0 Å². The average molecular weight is 280 g/mol. The van der Waals surface area contributed by atoms with Crippen molar-refractivity contribution in [1.29, 1.82) is 0 Å². The van der Waals surface area contributed by atoms with E-state index in [2.05, 4.69) is 40.6 Å². The molecule has 0 atom stereocenters. The fourth-order valence-corrected chi connectivity index (χ4v) is 3.15. The molecular formula is C15H22ClN3. The molecular weight excluding hydrogens is 258 g/mol. The van der Waals surface area contributed by atoms with E-state index < -0.39 is 0 Å². The van der Waals surface area contributed by atoms with Crippen LogP contribution in [-0.4, -0.2) is 49.2 Å². The van der Waals surface area contributed by atoms with E-state index in [1.807, 2.05) is 6.07 Å². The molecule has 1 saturated heterocycles. The van der Waals surface area contributed by atoms with Crippen molar-refractivity contribution < 1.29 is 0 Å². The number of likely N-dealkylation sites (N-methyl/N-ethyl adjacent to an activating group) is 1. The summed E-state index contributed by atoms with van der Waals surface area (Å²) in [5.74, 6) is 0.684. The predicted molar refractivity (Wildman–Crippen MR) is 79.4 cm³/mol. The maximum Gasteiger partial charge on any atom is 0.0408 e. The van der Waals surface area contributed by atoms with Crippen molar-refractivity contribution in [1.82, 2.24) is 15.3 Å². The summed E-state index contributed by atoms with van der Waals surface area (Å²) in [6, 6.07) is 8.95. The second kappa shape index (κ2) is 5.80. The normalized spacial score (nSPS) is 29.2. The summed E-state index contributed by atoms with van der Waals surface area (Å²) in [5.41, 5.74) is 5.06. The Balaban J connectivity index is 1.45. The van der Waals surface area contributed by atoms with Crippen LogP contribution in [0.25, 0.3) is 0 Å². The van der Waals surface area contributed by atoms with Gasteiger partial charge in [-0.3, -0.25) is 5.43 Å². The molecule has 0 radical (unpaired) electrons. The van der Waals surface area contributed by atoms with Crippen molar-refractivity contribution in [3.8, 4) is 0 Å². The number of rotatable bonds is 3. The minimum atomic E-state index is 0.646. The summed E-state index contributed by atoms with van der Waals surface area (Å²) in [4.78, 5) is 2.38. The highest BCUT2D eigenvalue weighted by molar-refractivity contribution is 6.30. The number of piperazine rings is 1. The molecule has 1 N–H and O–H groups in total. The van der Waals surface area contributed by atoms with E-state index in [4.69, 9.17) is 11.6 Å². The second-order valence-corrected chi connectivity index (χ2v) is 6.28. The SMILES string of the molecule is CN1CCN(NC2CC(c3cccc(Cl)c3)C2)CC1. The van der Waals surface area contributed by atoms with Crippen molar-refractivity contribution in [3.05, 3.63) is 34.9 Å². The third-order valence-corrected chi connectivity index (χ3v) is 4.56. The zero-order valence-electron chi connectivity index (χ0n) is 11.5. The lowest BCUT2D eigenvalue weighted by atomic mass is 9.76. The standard InChI is InChI=1S/C15H22ClN3/c1-18-5-7-19(8-6-18)17-15-10-13(11-15)12-3-2-4-14(16)9-12/h2-4,9,13,15,17H,5-8,10-11H2,1H3. The zero-order valence-corrected chi connectivity index (χ0v) is 12.2. The van der Waals surface area contributed by atoms with Crippen LogP contribution in [0.2, 0.25) is 5.02 Å². The number of nitrogens with zero attached hydrogens (tertiary/aromatic N) is 2. The molecule has 0 amide bonds. The van der Waals surface area contributed by atoms with Crippen molar-refractivity contribution >= 4 is 11.6 Å². The molecule has 104 valence electrons. The first-order valence-electron chi connectivity index (χ1n) is 7.16. The number of hydrogen-bond donors (Lipinski definition) is 1. The Bertz CT molecular complexity index is 423. The Hall–Kier alpha value is -0.610. The van der Waals surface area contributed by atoms with Gasteiger partial charge >= 0.3 is 0 Å². The van der Waals surface area contributed by atoms with Crippen LogP contribution in [0.15, 0.2) is 24.3 Å². The van der Waals surface area contributed by atoms with Gasteiger partial charge in [0, 0.05) is 37.2 Å². The van der Waals surface area contributed by atoms with Gasteiger partial charge in [0.2, 0.25) is 0 Å². The van der Waals surface area contributed by atoms with Crippen LogP contribution in [0.3, 0.4) is 0 Å². The van der Waals surface area contributed by atoms with Gasteiger partial charge in [-0.2, -0.15) is 0 Å². The number of hydrazine groups is 1. The quantitative estimate of drug-likeness (QED) is 0.916. The van der Waals surface area contributed by atoms with Gasteiger partial charge in [-0.1, -0.05) is 23.7 Å². The molecule has 1 heterocycles. The van der Waals surface area contributed by atoms with Crippen molar-refractivity contribution in [2.45, 2.75) is 24.8 Å². The third kappa shape index (κ3) is 3.29. The lowest BCUT2D eigenvalue weighted by Gasteiger charge is -2.42. The molecule has 2 fully saturated rings. The van der Waals surface area contributed by atoms with Crippen molar-refractivity contribution in [2.24, 2.45) is 0 Å². The summed E-state index contributed by atoms with van der Waals surface area (Å²) >= 11 is 6.05. The molecule has 0 unspecified atom stereocenters. The third-order valence-electron chi connectivity index (χ3n) is 4.33. The van der Waals surface area contributed by atoms with E-state index >= 15 is 0 Å². The summed E-state index contributed by atoms with van der Waals surface area (Å²) in [6.07, 6.45) is 2.46. The average Bonchev–Trinajstić information content (AvgIpc) is 2.35. The Morgan fingerprint density at radius 3 is 2.58 bits per heavy atom. The lowest BCUT2D eigenvalue weighted by Crippen LogP contribution is -2.56. The highest BCUT2D eigenvalue weighted by atomic mass is 35.5. The molecule has 3 rings (SSSR count). The van der Waals surface area contributed by atoms with E-state index in [1.54, 1.807) is 0 Å². The second-order valence-electron chi connectivity index (χ2n) is 5.84. The van der Waals surface area contributed by atoms with Gasteiger partial charge in [0.15, 0.2) is 0 Å². The molecule has 19 heavy (non-hydrogen) atoms. The highest BCUT2D eigenvalue weighted by Gasteiger charge is 2.31. The molecule has 4 heteroatoms. The number of hydrogen-bond acceptors (Lipinski definition) is 3. The van der Waals surface area contributed by atoms with Crippen molar-refractivity contribution in [3.63, 3.8) is 0 Å².